The first-order valence-corrected chi connectivity index (χ1v) is 8.89. The Morgan fingerprint density at radius 3 is 2.37 bits per heavy atom. The van der Waals surface area contributed by atoms with Crippen molar-refractivity contribution < 1.29 is 19.1 Å². The second-order valence-corrected chi connectivity index (χ2v) is 6.11. The van der Waals surface area contributed by atoms with E-state index in [0.29, 0.717) is 17.8 Å². The largest absolute Gasteiger partial charge is 0.452 e. The molecular formula is C21H24N2O4. The molecule has 0 aliphatic carbocycles. The lowest BCUT2D eigenvalue weighted by atomic mass is 10.1. The van der Waals surface area contributed by atoms with E-state index in [1.54, 1.807) is 60.5 Å². The molecule has 0 heterocycles. The number of para-hydroxylation sites is 1. The van der Waals surface area contributed by atoms with Gasteiger partial charge >= 0.3 is 5.97 Å². The van der Waals surface area contributed by atoms with E-state index in [4.69, 9.17) is 4.74 Å². The van der Waals surface area contributed by atoms with Crippen LogP contribution in [-0.4, -0.2) is 42.9 Å². The van der Waals surface area contributed by atoms with E-state index in [9.17, 15) is 14.4 Å². The zero-order valence-corrected chi connectivity index (χ0v) is 15.6. The van der Waals surface area contributed by atoms with Crippen molar-refractivity contribution in [2.45, 2.75) is 19.8 Å². The molecule has 0 spiro atoms. The van der Waals surface area contributed by atoms with E-state index in [-0.39, 0.29) is 24.0 Å². The third kappa shape index (κ3) is 5.95. The van der Waals surface area contributed by atoms with Crippen molar-refractivity contribution in [3.63, 3.8) is 0 Å². The molecule has 2 amide bonds. The van der Waals surface area contributed by atoms with Crippen LogP contribution in [0.4, 0.5) is 5.69 Å². The molecule has 0 atom stereocenters. The summed E-state index contributed by atoms with van der Waals surface area (Å²) in [5.74, 6) is -1.25. The van der Waals surface area contributed by atoms with Gasteiger partial charge in [-0.2, -0.15) is 0 Å². The highest BCUT2D eigenvalue weighted by Gasteiger charge is 2.17. The predicted molar refractivity (Wildman–Crippen MR) is 104 cm³/mol. The third-order valence-electron chi connectivity index (χ3n) is 4.03. The molecule has 0 saturated heterocycles. The second-order valence-electron chi connectivity index (χ2n) is 6.11. The molecule has 0 saturated carbocycles. The van der Waals surface area contributed by atoms with Crippen LogP contribution >= 0.6 is 0 Å². The van der Waals surface area contributed by atoms with Gasteiger partial charge in [-0.15, -0.1) is 0 Å². The molecule has 1 N–H and O–H groups in total. The van der Waals surface area contributed by atoms with Gasteiger partial charge < -0.3 is 15.0 Å². The zero-order chi connectivity index (χ0) is 19.6. The number of hydrogen-bond donors (Lipinski definition) is 1. The van der Waals surface area contributed by atoms with Crippen molar-refractivity contribution in [2.75, 3.05) is 25.5 Å². The van der Waals surface area contributed by atoms with Gasteiger partial charge in [0.1, 0.15) is 0 Å². The molecule has 0 aliphatic rings. The maximum atomic E-state index is 12.4. The van der Waals surface area contributed by atoms with Gasteiger partial charge in [0.05, 0.1) is 11.3 Å². The van der Waals surface area contributed by atoms with Crippen molar-refractivity contribution >= 4 is 23.5 Å². The Balaban J connectivity index is 2.01. The quantitative estimate of drug-likeness (QED) is 0.725. The Morgan fingerprint density at radius 1 is 1.00 bits per heavy atom. The van der Waals surface area contributed by atoms with E-state index in [0.717, 1.165) is 12.8 Å². The number of benzene rings is 2. The number of amides is 2. The Kier molecular flexibility index (Phi) is 7.55. The summed E-state index contributed by atoms with van der Waals surface area (Å²) in [7, 11) is 1.68. The van der Waals surface area contributed by atoms with Gasteiger partial charge in [-0.05, 0) is 30.7 Å². The molecule has 27 heavy (non-hydrogen) atoms. The molecule has 6 nitrogen and oxygen atoms in total. The second kappa shape index (κ2) is 10.1. The number of unbranched alkanes of at least 4 members (excludes halogenated alkanes) is 1. The van der Waals surface area contributed by atoms with Gasteiger partial charge in [0, 0.05) is 19.2 Å². The maximum absolute atomic E-state index is 12.4. The van der Waals surface area contributed by atoms with E-state index >= 15 is 0 Å². The summed E-state index contributed by atoms with van der Waals surface area (Å²) in [4.78, 5) is 38.3. The number of esters is 1. The van der Waals surface area contributed by atoms with E-state index in [1.165, 1.54) is 0 Å². The summed E-state index contributed by atoms with van der Waals surface area (Å²) < 4.78 is 5.14. The molecule has 142 valence electrons. The average Bonchev–Trinajstić information content (AvgIpc) is 2.70. The third-order valence-corrected chi connectivity index (χ3v) is 4.03. The lowest BCUT2D eigenvalue weighted by Gasteiger charge is -2.17. The Labute approximate surface area is 159 Å². The summed E-state index contributed by atoms with van der Waals surface area (Å²) in [5.41, 5.74) is 1.02. The van der Waals surface area contributed by atoms with Crippen LogP contribution in [0.25, 0.3) is 0 Å². The van der Waals surface area contributed by atoms with Gasteiger partial charge in [0.25, 0.3) is 11.8 Å². The number of nitrogens with zero attached hydrogens (tertiary/aromatic N) is 1. The van der Waals surface area contributed by atoms with Crippen LogP contribution in [0.3, 0.4) is 0 Å². The molecule has 6 heteroatoms. The number of rotatable bonds is 8. The Hall–Kier alpha value is -3.15. The highest BCUT2D eigenvalue weighted by Crippen LogP contribution is 2.17. The first kappa shape index (κ1) is 20.2. The van der Waals surface area contributed by atoms with Gasteiger partial charge in [-0.3, -0.25) is 9.59 Å². The summed E-state index contributed by atoms with van der Waals surface area (Å²) in [6.45, 7) is 2.33. The summed E-state index contributed by atoms with van der Waals surface area (Å²) in [6.07, 6.45) is 1.87. The number of ether oxygens (including phenoxy) is 1. The van der Waals surface area contributed by atoms with Crippen LogP contribution in [0.1, 0.15) is 40.5 Å². The van der Waals surface area contributed by atoms with Crippen molar-refractivity contribution in [1.82, 2.24) is 4.90 Å². The zero-order valence-electron chi connectivity index (χ0n) is 15.6. The molecule has 0 bridgehead atoms. The summed E-state index contributed by atoms with van der Waals surface area (Å²) in [5, 5.41) is 2.71. The Morgan fingerprint density at radius 2 is 1.67 bits per heavy atom. The van der Waals surface area contributed by atoms with Gasteiger partial charge in [-0.1, -0.05) is 43.7 Å². The van der Waals surface area contributed by atoms with Crippen molar-refractivity contribution in [3.8, 4) is 0 Å². The first-order valence-electron chi connectivity index (χ1n) is 8.89. The molecule has 0 aromatic heterocycles. The van der Waals surface area contributed by atoms with E-state index < -0.39 is 5.97 Å². The minimum absolute atomic E-state index is 0.200. The van der Waals surface area contributed by atoms with Crippen LogP contribution in [-0.2, 0) is 9.53 Å². The minimum Gasteiger partial charge on any atom is -0.452 e. The fourth-order valence-electron chi connectivity index (χ4n) is 2.39. The molecule has 2 aromatic rings. The average molecular weight is 368 g/mol. The lowest BCUT2D eigenvalue weighted by molar-refractivity contribution is -0.133. The summed E-state index contributed by atoms with van der Waals surface area (Å²) >= 11 is 0. The SMILES string of the molecule is CCCCN(C)C(=O)COC(=O)c1ccccc1NC(=O)c1ccccc1. The normalized spacial score (nSPS) is 10.1. The maximum Gasteiger partial charge on any atom is 0.340 e. The van der Waals surface area contributed by atoms with Crippen molar-refractivity contribution in [1.29, 1.82) is 0 Å². The summed E-state index contributed by atoms with van der Waals surface area (Å²) in [6, 6.07) is 15.2. The van der Waals surface area contributed by atoms with E-state index in [1.807, 2.05) is 13.0 Å². The van der Waals surface area contributed by atoms with Crippen LogP contribution in [0.5, 0.6) is 0 Å². The fraction of sp³-hybridized carbons (Fsp3) is 0.286. The number of carbonyl (C=O) groups is 3. The monoisotopic (exact) mass is 368 g/mol. The lowest BCUT2D eigenvalue weighted by Crippen LogP contribution is -2.32. The van der Waals surface area contributed by atoms with Crippen LogP contribution < -0.4 is 5.32 Å². The molecule has 2 aromatic carbocycles. The molecular weight excluding hydrogens is 344 g/mol. The number of nitrogens with one attached hydrogen (secondary N) is 1. The minimum atomic E-state index is -0.656. The fourth-order valence-corrected chi connectivity index (χ4v) is 2.39. The molecule has 0 fully saturated rings. The molecule has 2 rings (SSSR count). The number of likely N-dealkylation sites (N-methyl/N-ethyl adjacent to an activating group) is 1. The molecule has 0 unspecified atom stereocenters. The standard InChI is InChI=1S/C21H24N2O4/c1-3-4-14-23(2)19(24)15-27-21(26)17-12-8-9-13-18(17)22-20(25)16-10-6-5-7-11-16/h5-13H,3-4,14-15H2,1-2H3,(H,22,25). The highest BCUT2D eigenvalue weighted by atomic mass is 16.5. The molecule has 0 aliphatic heterocycles. The van der Waals surface area contributed by atoms with Crippen LogP contribution in [0, 0.1) is 0 Å². The van der Waals surface area contributed by atoms with Crippen LogP contribution in [0.2, 0.25) is 0 Å². The van der Waals surface area contributed by atoms with Crippen LogP contribution in [0.15, 0.2) is 54.6 Å². The predicted octanol–water partition coefficient (Wildman–Crippen LogP) is 3.35. The Bertz CT molecular complexity index is 790. The van der Waals surface area contributed by atoms with Gasteiger partial charge in [0.15, 0.2) is 6.61 Å². The van der Waals surface area contributed by atoms with Crippen molar-refractivity contribution in [3.05, 3.63) is 65.7 Å². The number of anilines is 1. The van der Waals surface area contributed by atoms with E-state index in [2.05, 4.69) is 5.32 Å². The van der Waals surface area contributed by atoms with Gasteiger partial charge in [0.2, 0.25) is 0 Å². The topological polar surface area (TPSA) is 75.7 Å². The van der Waals surface area contributed by atoms with Gasteiger partial charge in [-0.25, -0.2) is 4.79 Å². The first-order chi connectivity index (χ1) is 13.0. The van der Waals surface area contributed by atoms with Crippen molar-refractivity contribution in [2.24, 2.45) is 0 Å². The smallest absolute Gasteiger partial charge is 0.340 e. The highest BCUT2D eigenvalue weighted by molar-refractivity contribution is 6.08. The molecule has 0 radical (unpaired) electrons. The number of carbonyl (C=O) groups excluding carboxylic acids is 3. The number of hydrogen-bond acceptors (Lipinski definition) is 4.